The summed E-state index contributed by atoms with van der Waals surface area (Å²) in [5.41, 5.74) is 6.21. The third-order valence-corrected chi connectivity index (χ3v) is 3.84. The average molecular weight is 197 g/mol. The molecule has 1 aliphatic rings. The lowest BCUT2D eigenvalue weighted by atomic mass is 9.90. The molecule has 13 heavy (non-hydrogen) atoms. The van der Waals surface area contributed by atoms with Gasteiger partial charge in [-0.15, -0.1) is 11.3 Å². The van der Waals surface area contributed by atoms with Gasteiger partial charge in [0.15, 0.2) is 0 Å². The maximum absolute atomic E-state index is 6.32. The minimum atomic E-state index is -0.114. The smallest absolute Gasteiger partial charge is 0.0547 e. The largest absolute Gasteiger partial charge is 0.381 e. The van der Waals surface area contributed by atoms with E-state index in [2.05, 4.69) is 19.1 Å². The van der Waals surface area contributed by atoms with E-state index in [0.717, 1.165) is 26.1 Å². The fourth-order valence-corrected chi connectivity index (χ4v) is 2.71. The van der Waals surface area contributed by atoms with Crippen LogP contribution in [0.25, 0.3) is 0 Å². The lowest BCUT2D eigenvalue weighted by Gasteiger charge is -2.32. The minimum Gasteiger partial charge on any atom is -0.381 e. The third kappa shape index (κ3) is 1.77. The van der Waals surface area contributed by atoms with Gasteiger partial charge in [0.2, 0.25) is 0 Å². The van der Waals surface area contributed by atoms with Crippen LogP contribution in [0.3, 0.4) is 0 Å². The van der Waals surface area contributed by atoms with Crippen molar-refractivity contribution in [2.75, 3.05) is 13.2 Å². The number of aryl methyl sites for hydroxylation is 1. The standard InChI is InChI=1S/C10H15NOS/c1-8-2-3-9(13-8)10(11)4-6-12-7-5-10/h2-3H,4-7,11H2,1H3. The lowest BCUT2D eigenvalue weighted by molar-refractivity contribution is 0.0534. The van der Waals surface area contributed by atoms with Gasteiger partial charge >= 0.3 is 0 Å². The molecular weight excluding hydrogens is 182 g/mol. The maximum atomic E-state index is 6.32. The number of ether oxygens (including phenoxy) is 1. The average Bonchev–Trinajstić information content (AvgIpc) is 2.54. The zero-order chi connectivity index (χ0) is 9.31. The van der Waals surface area contributed by atoms with Gasteiger partial charge in [0.1, 0.15) is 0 Å². The van der Waals surface area contributed by atoms with Crippen molar-refractivity contribution < 1.29 is 4.74 Å². The van der Waals surface area contributed by atoms with Crippen LogP contribution in [-0.4, -0.2) is 13.2 Å². The number of rotatable bonds is 1. The summed E-state index contributed by atoms with van der Waals surface area (Å²) in [7, 11) is 0. The summed E-state index contributed by atoms with van der Waals surface area (Å²) in [5, 5.41) is 0. The van der Waals surface area contributed by atoms with E-state index in [1.165, 1.54) is 9.75 Å². The van der Waals surface area contributed by atoms with Crippen molar-refractivity contribution in [1.29, 1.82) is 0 Å². The molecule has 0 spiro atoms. The van der Waals surface area contributed by atoms with Crippen molar-refractivity contribution in [3.05, 3.63) is 21.9 Å². The first-order valence-corrected chi connectivity index (χ1v) is 5.46. The van der Waals surface area contributed by atoms with E-state index < -0.39 is 0 Å². The topological polar surface area (TPSA) is 35.2 Å². The van der Waals surface area contributed by atoms with Gasteiger partial charge in [0.25, 0.3) is 0 Å². The van der Waals surface area contributed by atoms with Crippen molar-refractivity contribution in [3.8, 4) is 0 Å². The first-order chi connectivity index (χ1) is 6.21. The molecule has 0 aliphatic carbocycles. The Morgan fingerprint density at radius 3 is 2.62 bits per heavy atom. The Hall–Kier alpha value is -0.380. The summed E-state index contributed by atoms with van der Waals surface area (Å²) in [4.78, 5) is 2.65. The van der Waals surface area contributed by atoms with E-state index in [1.807, 2.05) is 11.3 Å². The summed E-state index contributed by atoms with van der Waals surface area (Å²) >= 11 is 1.81. The quantitative estimate of drug-likeness (QED) is 0.747. The zero-order valence-corrected chi connectivity index (χ0v) is 8.69. The SMILES string of the molecule is Cc1ccc(C2(N)CCOCC2)s1. The Morgan fingerprint density at radius 2 is 2.08 bits per heavy atom. The molecule has 1 fully saturated rings. The van der Waals surface area contributed by atoms with Gasteiger partial charge in [-0.3, -0.25) is 0 Å². The summed E-state index contributed by atoms with van der Waals surface area (Å²) in [6.45, 7) is 3.72. The normalized spacial score (nSPS) is 21.7. The van der Waals surface area contributed by atoms with Gasteiger partial charge in [0.05, 0.1) is 5.54 Å². The monoisotopic (exact) mass is 197 g/mol. The summed E-state index contributed by atoms with van der Waals surface area (Å²) in [5.74, 6) is 0. The molecule has 3 heteroatoms. The van der Waals surface area contributed by atoms with Crippen LogP contribution in [0, 0.1) is 6.92 Å². The van der Waals surface area contributed by atoms with Crippen LogP contribution >= 0.6 is 11.3 Å². The van der Waals surface area contributed by atoms with Crippen molar-refractivity contribution in [1.82, 2.24) is 0 Å². The van der Waals surface area contributed by atoms with Crippen LogP contribution in [-0.2, 0) is 10.3 Å². The molecule has 0 bridgehead atoms. The zero-order valence-electron chi connectivity index (χ0n) is 7.88. The molecule has 0 radical (unpaired) electrons. The van der Waals surface area contributed by atoms with Crippen LogP contribution in [0.1, 0.15) is 22.6 Å². The molecule has 2 nitrogen and oxygen atoms in total. The number of nitrogens with two attached hydrogens (primary N) is 1. The van der Waals surface area contributed by atoms with Gasteiger partial charge in [0, 0.05) is 23.0 Å². The van der Waals surface area contributed by atoms with E-state index in [-0.39, 0.29) is 5.54 Å². The van der Waals surface area contributed by atoms with E-state index in [4.69, 9.17) is 10.5 Å². The highest BCUT2D eigenvalue weighted by Gasteiger charge is 2.30. The van der Waals surface area contributed by atoms with E-state index in [1.54, 1.807) is 0 Å². The molecule has 0 amide bonds. The second kappa shape index (κ2) is 3.40. The highest BCUT2D eigenvalue weighted by atomic mass is 32.1. The Morgan fingerprint density at radius 1 is 1.38 bits per heavy atom. The summed E-state index contributed by atoms with van der Waals surface area (Å²) in [6, 6.07) is 4.30. The molecule has 1 aromatic rings. The van der Waals surface area contributed by atoms with Crippen LogP contribution in [0.2, 0.25) is 0 Å². The molecule has 0 atom stereocenters. The minimum absolute atomic E-state index is 0.114. The Kier molecular flexibility index (Phi) is 2.41. The van der Waals surface area contributed by atoms with E-state index in [9.17, 15) is 0 Å². The van der Waals surface area contributed by atoms with Gasteiger partial charge in [-0.05, 0) is 31.9 Å². The highest BCUT2D eigenvalue weighted by Crippen LogP contribution is 2.33. The van der Waals surface area contributed by atoms with Gasteiger partial charge in [-0.25, -0.2) is 0 Å². The predicted octanol–water partition coefficient (Wildman–Crippen LogP) is 2.02. The molecule has 1 saturated heterocycles. The predicted molar refractivity (Wildman–Crippen MR) is 55.0 cm³/mol. The van der Waals surface area contributed by atoms with Crippen LogP contribution in [0.15, 0.2) is 12.1 Å². The Bertz CT molecular complexity index is 289. The molecule has 1 aliphatic heterocycles. The van der Waals surface area contributed by atoms with E-state index in [0.29, 0.717) is 0 Å². The van der Waals surface area contributed by atoms with Gasteiger partial charge < -0.3 is 10.5 Å². The fraction of sp³-hybridized carbons (Fsp3) is 0.600. The van der Waals surface area contributed by atoms with Crippen LogP contribution in [0.5, 0.6) is 0 Å². The molecule has 0 unspecified atom stereocenters. The van der Waals surface area contributed by atoms with Crippen molar-refractivity contribution in [2.24, 2.45) is 5.73 Å². The maximum Gasteiger partial charge on any atom is 0.0547 e. The molecule has 2 N–H and O–H groups in total. The fourth-order valence-electron chi connectivity index (χ4n) is 1.68. The van der Waals surface area contributed by atoms with Crippen molar-refractivity contribution in [2.45, 2.75) is 25.3 Å². The number of hydrogen-bond donors (Lipinski definition) is 1. The van der Waals surface area contributed by atoms with Crippen molar-refractivity contribution in [3.63, 3.8) is 0 Å². The summed E-state index contributed by atoms with van der Waals surface area (Å²) in [6.07, 6.45) is 1.90. The molecular formula is C10H15NOS. The molecule has 0 saturated carbocycles. The first kappa shape index (κ1) is 9.19. The Labute approximate surface area is 82.7 Å². The van der Waals surface area contributed by atoms with Crippen LogP contribution in [0.4, 0.5) is 0 Å². The summed E-state index contributed by atoms with van der Waals surface area (Å²) < 4.78 is 5.32. The van der Waals surface area contributed by atoms with E-state index >= 15 is 0 Å². The van der Waals surface area contributed by atoms with Gasteiger partial charge in [-0.2, -0.15) is 0 Å². The lowest BCUT2D eigenvalue weighted by Crippen LogP contribution is -2.41. The molecule has 1 aromatic heterocycles. The molecule has 72 valence electrons. The van der Waals surface area contributed by atoms with Crippen molar-refractivity contribution >= 4 is 11.3 Å². The molecule has 2 rings (SSSR count). The second-order valence-corrected chi connectivity index (χ2v) is 4.97. The van der Waals surface area contributed by atoms with Gasteiger partial charge in [-0.1, -0.05) is 0 Å². The molecule has 2 heterocycles. The highest BCUT2D eigenvalue weighted by molar-refractivity contribution is 7.12. The van der Waals surface area contributed by atoms with Crippen LogP contribution < -0.4 is 5.73 Å². The molecule has 0 aromatic carbocycles. The number of hydrogen-bond acceptors (Lipinski definition) is 3. The Balaban J connectivity index is 2.22. The third-order valence-electron chi connectivity index (χ3n) is 2.62. The second-order valence-electron chi connectivity index (χ2n) is 3.68. The first-order valence-electron chi connectivity index (χ1n) is 4.64. The number of thiophene rings is 1.